The van der Waals surface area contributed by atoms with Crippen LogP contribution in [-0.2, 0) is 4.79 Å². The van der Waals surface area contributed by atoms with Crippen LogP contribution in [0.5, 0.6) is 5.75 Å². The number of aryl methyl sites for hydroxylation is 1. The van der Waals surface area contributed by atoms with Crippen molar-refractivity contribution in [2.75, 3.05) is 26.2 Å². The molecule has 2 radical (unpaired) electrons. The number of alkyl halides is 1. The van der Waals surface area contributed by atoms with Crippen LogP contribution in [0.15, 0.2) is 41.1 Å². The van der Waals surface area contributed by atoms with Gasteiger partial charge >= 0.3 is 0 Å². The fourth-order valence-electron chi connectivity index (χ4n) is 4.33. The minimum atomic E-state index is -1.76. The zero-order valence-corrected chi connectivity index (χ0v) is 20.4. The quantitative estimate of drug-likeness (QED) is 0.454. The number of nitrogens with zero attached hydrogens (tertiary/aromatic N) is 2. The molecule has 190 valence electrons. The Morgan fingerprint density at radius 3 is 2.86 bits per heavy atom. The molecule has 0 aliphatic carbocycles. The number of fused-ring (bicyclic) bond motifs is 1. The molecule has 11 heteroatoms. The number of aromatic nitrogens is 1. The standard InChI is InChI=1S/C25H30BFN4O5/c1-14-4-5-19-17(8-14)18(32)9-20(35-19)23(34)30-15(2)6-7-28-22(33)21-10-29-24(36-21)16-11-31(12-16)13-25(3,26)27/h4-5,8,10,16,18,20,32H,2,6-7,9,11-13H2,1,3H3,(H,28,33)(H,30,34)/t18-,20-,25?/m1/s1. The highest BCUT2D eigenvalue weighted by Crippen LogP contribution is 2.35. The number of aliphatic hydroxyl groups is 1. The van der Waals surface area contributed by atoms with E-state index in [-0.39, 0.29) is 31.2 Å². The van der Waals surface area contributed by atoms with Crippen molar-refractivity contribution in [1.29, 1.82) is 0 Å². The zero-order valence-electron chi connectivity index (χ0n) is 20.4. The van der Waals surface area contributed by atoms with E-state index < -0.39 is 29.6 Å². The van der Waals surface area contributed by atoms with Gasteiger partial charge in [0.25, 0.3) is 11.8 Å². The van der Waals surface area contributed by atoms with Crippen molar-refractivity contribution in [3.05, 3.63) is 59.4 Å². The van der Waals surface area contributed by atoms with Crippen LogP contribution in [0.25, 0.3) is 0 Å². The number of amides is 2. The third kappa shape index (κ3) is 6.33. The van der Waals surface area contributed by atoms with Gasteiger partial charge < -0.3 is 24.9 Å². The zero-order chi connectivity index (χ0) is 26.0. The van der Waals surface area contributed by atoms with Gasteiger partial charge in [0.05, 0.1) is 23.8 Å². The fourth-order valence-corrected chi connectivity index (χ4v) is 4.33. The molecule has 9 nitrogen and oxygen atoms in total. The van der Waals surface area contributed by atoms with Crippen molar-refractivity contribution in [2.24, 2.45) is 0 Å². The van der Waals surface area contributed by atoms with Gasteiger partial charge in [0.1, 0.15) is 13.6 Å². The molecule has 1 aromatic heterocycles. The number of carbonyl (C=O) groups excluding carboxylic acids is 2. The number of benzene rings is 1. The number of nitrogens with one attached hydrogen (secondary N) is 2. The van der Waals surface area contributed by atoms with E-state index in [1.807, 2.05) is 24.0 Å². The minimum absolute atomic E-state index is 0.0135. The van der Waals surface area contributed by atoms with Crippen molar-refractivity contribution in [3.8, 4) is 5.75 Å². The highest BCUT2D eigenvalue weighted by atomic mass is 19.1. The minimum Gasteiger partial charge on any atom is -0.480 e. The number of carbonyl (C=O) groups is 2. The van der Waals surface area contributed by atoms with Gasteiger partial charge in [-0.25, -0.2) is 4.98 Å². The normalized spacial score (nSPS) is 21.4. The maximum atomic E-state index is 13.5. The highest BCUT2D eigenvalue weighted by molar-refractivity contribution is 6.14. The molecular weight excluding hydrogens is 466 g/mol. The summed E-state index contributed by atoms with van der Waals surface area (Å²) in [6, 6.07) is 5.44. The molecule has 1 fully saturated rings. The summed E-state index contributed by atoms with van der Waals surface area (Å²) in [5, 5.41) is 15.8. The maximum Gasteiger partial charge on any atom is 0.288 e. The third-order valence-corrected chi connectivity index (χ3v) is 6.12. The number of rotatable bonds is 9. The van der Waals surface area contributed by atoms with Crippen LogP contribution in [-0.4, -0.2) is 72.5 Å². The maximum absolute atomic E-state index is 13.5. The first kappa shape index (κ1) is 25.9. The first-order valence-corrected chi connectivity index (χ1v) is 11.9. The average Bonchev–Trinajstić information content (AvgIpc) is 3.25. The molecule has 2 aliphatic heterocycles. The Kier molecular flexibility index (Phi) is 7.51. The van der Waals surface area contributed by atoms with Gasteiger partial charge in [-0.05, 0) is 26.0 Å². The monoisotopic (exact) mass is 496 g/mol. The largest absolute Gasteiger partial charge is 0.480 e. The number of ether oxygens (including phenoxy) is 1. The van der Waals surface area contributed by atoms with Crippen LogP contribution in [0.1, 0.15) is 59.4 Å². The summed E-state index contributed by atoms with van der Waals surface area (Å²) >= 11 is 0. The molecule has 2 aromatic rings. The Balaban J connectivity index is 1.18. The summed E-state index contributed by atoms with van der Waals surface area (Å²) in [4.78, 5) is 31.0. The number of oxazole rings is 1. The predicted octanol–water partition coefficient (Wildman–Crippen LogP) is 1.87. The van der Waals surface area contributed by atoms with Crippen LogP contribution in [0.3, 0.4) is 0 Å². The SMILES string of the molecule is [B]C(C)(F)CN1CC(c2ncc(C(=O)NCCC(=C)NC(=O)[C@H]3C[C@@H](O)c4cc(C)ccc4O3)o2)C1. The molecule has 1 saturated heterocycles. The lowest BCUT2D eigenvalue weighted by Crippen LogP contribution is -2.50. The van der Waals surface area contributed by atoms with Gasteiger partial charge in [-0.3, -0.25) is 18.9 Å². The number of likely N-dealkylation sites (tertiary alicyclic amines) is 1. The highest BCUT2D eigenvalue weighted by Gasteiger charge is 2.35. The van der Waals surface area contributed by atoms with Crippen molar-refractivity contribution >= 4 is 19.7 Å². The van der Waals surface area contributed by atoms with Gasteiger partial charge in [-0.1, -0.05) is 18.2 Å². The Morgan fingerprint density at radius 1 is 1.39 bits per heavy atom. The number of halogens is 1. The second kappa shape index (κ2) is 10.4. The molecule has 3 heterocycles. The summed E-state index contributed by atoms with van der Waals surface area (Å²) in [5.41, 5.74) is 0.315. The Morgan fingerprint density at radius 2 is 2.14 bits per heavy atom. The lowest BCUT2D eigenvalue weighted by atomic mass is 9.83. The summed E-state index contributed by atoms with van der Waals surface area (Å²) in [6.45, 7) is 8.54. The third-order valence-electron chi connectivity index (χ3n) is 6.12. The van der Waals surface area contributed by atoms with Gasteiger partial charge in [-0.2, -0.15) is 0 Å². The lowest BCUT2D eigenvalue weighted by Gasteiger charge is -2.39. The molecule has 2 aliphatic rings. The van der Waals surface area contributed by atoms with E-state index >= 15 is 0 Å². The number of aliphatic hydroxyl groups excluding tert-OH is 1. The fraction of sp³-hybridized carbons (Fsp3) is 0.480. The Hall–Kier alpha value is -3.18. The molecule has 1 aromatic carbocycles. The molecule has 36 heavy (non-hydrogen) atoms. The Bertz CT molecular complexity index is 1140. The van der Waals surface area contributed by atoms with E-state index in [1.165, 1.54) is 13.1 Å². The summed E-state index contributed by atoms with van der Waals surface area (Å²) in [5.74, 6) is 0.128. The average molecular weight is 496 g/mol. The number of hydrogen-bond acceptors (Lipinski definition) is 7. The second-order valence-electron chi connectivity index (χ2n) is 9.73. The van der Waals surface area contributed by atoms with Crippen LogP contribution < -0.4 is 15.4 Å². The molecule has 4 rings (SSSR count). The van der Waals surface area contributed by atoms with E-state index in [1.54, 1.807) is 6.07 Å². The van der Waals surface area contributed by atoms with E-state index in [0.717, 1.165) is 5.56 Å². The second-order valence-corrected chi connectivity index (χ2v) is 9.73. The molecule has 0 spiro atoms. The van der Waals surface area contributed by atoms with Crippen LogP contribution in [0.4, 0.5) is 4.39 Å². The van der Waals surface area contributed by atoms with Crippen molar-refractivity contribution < 1.29 is 28.2 Å². The topological polar surface area (TPSA) is 117 Å². The van der Waals surface area contributed by atoms with Gasteiger partial charge in [0, 0.05) is 50.3 Å². The summed E-state index contributed by atoms with van der Waals surface area (Å²) in [7, 11) is 5.39. The Labute approximate surface area is 210 Å². The molecule has 0 saturated carbocycles. The number of hydrogen-bond donors (Lipinski definition) is 3. The smallest absolute Gasteiger partial charge is 0.288 e. The molecule has 0 bridgehead atoms. The van der Waals surface area contributed by atoms with E-state index in [9.17, 15) is 19.1 Å². The van der Waals surface area contributed by atoms with Crippen molar-refractivity contribution in [3.63, 3.8) is 0 Å². The van der Waals surface area contributed by atoms with Crippen LogP contribution >= 0.6 is 0 Å². The molecular formula is C25H30BFN4O5. The van der Waals surface area contributed by atoms with E-state index in [2.05, 4.69) is 22.2 Å². The first-order chi connectivity index (χ1) is 17.0. The first-order valence-electron chi connectivity index (χ1n) is 11.9. The van der Waals surface area contributed by atoms with Crippen LogP contribution in [0, 0.1) is 6.92 Å². The molecule has 1 unspecified atom stereocenters. The summed E-state index contributed by atoms with van der Waals surface area (Å²) < 4.78 is 24.8. The lowest BCUT2D eigenvalue weighted by molar-refractivity contribution is -0.129. The molecule has 3 N–H and O–H groups in total. The van der Waals surface area contributed by atoms with Crippen molar-refractivity contribution in [1.82, 2.24) is 20.5 Å². The van der Waals surface area contributed by atoms with E-state index in [0.29, 0.717) is 42.4 Å². The van der Waals surface area contributed by atoms with E-state index in [4.69, 9.17) is 17.0 Å². The van der Waals surface area contributed by atoms with Crippen molar-refractivity contribution in [2.45, 2.75) is 50.4 Å². The molecule has 2 amide bonds. The summed E-state index contributed by atoms with van der Waals surface area (Å²) in [6.07, 6.45) is 0.147. The van der Waals surface area contributed by atoms with Gasteiger partial charge in [-0.15, -0.1) is 0 Å². The van der Waals surface area contributed by atoms with Crippen LogP contribution in [0.2, 0.25) is 0 Å². The van der Waals surface area contributed by atoms with Gasteiger partial charge in [0.2, 0.25) is 11.7 Å². The molecule has 3 atom stereocenters. The van der Waals surface area contributed by atoms with Gasteiger partial charge in [0.15, 0.2) is 6.10 Å². The predicted molar refractivity (Wildman–Crippen MR) is 130 cm³/mol.